The number of nitrogens with one attached hydrogen (secondary N) is 1. The lowest BCUT2D eigenvalue weighted by Gasteiger charge is -2.11. The van der Waals surface area contributed by atoms with Crippen molar-refractivity contribution in [2.75, 3.05) is 5.32 Å². The Hall–Kier alpha value is -3.14. The van der Waals surface area contributed by atoms with Crippen LogP contribution in [0.5, 0.6) is 17.2 Å². The summed E-state index contributed by atoms with van der Waals surface area (Å²) in [4.78, 5) is 0. The lowest BCUT2D eigenvalue weighted by Crippen LogP contribution is -2.00. The molecular weight excluding hydrogens is 290 g/mol. The average molecular weight is 307 g/mol. The lowest BCUT2D eigenvalue weighted by atomic mass is 10.0. The summed E-state index contributed by atoms with van der Waals surface area (Å²) in [7, 11) is 0. The van der Waals surface area contributed by atoms with Gasteiger partial charge in [0.2, 0.25) is 0 Å². The van der Waals surface area contributed by atoms with Crippen LogP contribution in [-0.2, 0) is 6.54 Å². The molecule has 0 atom stereocenters. The van der Waals surface area contributed by atoms with E-state index in [1.807, 2.05) is 42.5 Å². The molecule has 0 saturated carbocycles. The topological polar surface area (TPSA) is 72.7 Å². The summed E-state index contributed by atoms with van der Waals surface area (Å²) < 4.78 is 0. The highest BCUT2D eigenvalue weighted by atomic mass is 16.3. The molecule has 4 heteroatoms. The van der Waals surface area contributed by atoms with Gasteiger partial charge in [-0.2, -0.15) is 0 Å². The first kappa shape index (κ1) is 14.8. The Balaban J connectivity index is 1.72. The summed E-state index contributed by atoms with van der Waals surface area (Å²) in [5.41, 5.74) is 3.50. The van der Waals surface area contributed by atoms with E-state index in [1.165, 1.54) is 12.1 Å². The molecule has 116 valence electrons. The highest BCUT2D eigenvalue weighted by Crippen LogP contribution is 2.37. The Kier molecular flexibility index (Phi) is 4.06. The standard InChI is InChI=1S/C19H17NO3/c21-16-10-17(22)19(18(23)11-16)20-12-13-6-8-15(9-7-13)14-4-2-1-3-5-14/h1-11,20-23H,12H2. The van der Waals surface area contributed by atoms with Crippen LogP contribution in [0, 0.1) is 0 Å². The van der Waals surface area contributed by atoms with Crippen LogP contribution in [0.2, 0.25) is 0 Å². The molecule has 3 rings (SSSR count). The SMILES string of the molecule is Oc1cc(O)c(NCc2ccc(-c3ccccc3)cc2)c(O)c1. The molecule has 3 aromatic rings. The Labute approximate surface area is 134 Å². The zero-order chi connectivity index (χ0) is 16.2. The Morgan fingerprint density at radius 1 is 0.696 bits per heavy atom. The van der Waals surface area contributed by atoms with Crippen LogP contribution in [0.3, 0.4) is 0 Å². The van der Waals surface area contributed by atoms with Gasteiger partial charge in [-0.05, 0) is 16.7 Å². The minimum absolute atomic E-state index is 0.183. The van der Waals surface area contributed by atoms with Gasteiger partial charge >= 0.3 is 0 Å². The molecule has 0 aliphatic heterocycles. The smallest absolute Gasteiger partial charge is 0.146 e. The first-order chi connectivity index (χ1) is 11.1. The fourth-order valence-electron chi connectivity index (χ4n) is 2.41. The van der Waals surface area contributed by atoms with Crippen molar-refractivity contribution >= 4 is 5.69 Å². The second kappa shape index (κ2) is 6.32. The molecule has 0 spiro atoms. The molecule has 0 bridgehead atoms. The van der Waals surface area contributed by atoms with Crippen molar-refractivity contribution in [1.29, 1.82) is 0 Å². The van der Waals surface area contributed by atoms with E-state index in [-0.39, 0.29) is 22.9 Å². The molecule has 23 heavy (non-hydrogen) atoms. The molecule has 0 heterocycles. The molecule has 0 amide bonds. The van der Waals surface area contributed by atoms with E-state index in [4.69, 9.17) is 0 Å². The molecule has 0 aliphatic carbocycles. The molecule has 0 aliphatic rings. The summed E-state index contributed by atoms with van der Waals surface area (Å²) in [6.45, 7) is 0.445. The third-order valence-corrected chi connectivity index (χ3v) is 3.61. The van der Waals surface area contributed by atoms with Crippen molar-refractivity contribution in [2.45, 2.75) is 6.54 Å². The zero-order valence-corrected chi connectivity index (χ0v) is 12.4. The van der Waals surface area contributed by atoms with Gasteiger partial charge in [0, 0.05) is 18.7 Å². The van der Waals surface area contributed by atoms with Crippen LogP contribution in [0.15, 0.2) is 66.7 Å². The van der Waals surface area contributed by atoms with Gasteiger partial charge < -0.3 is 20.6 Å². The molecule has 0 unspecified atom stereocenters. The van der Waals surface area contributed by atoms with Crippen molar-refractivity contribution in [2.24, 2.45) is 0 Å². The van der Waals surface area contributed by atoms with E-state index < -0.39 is 0 Å². The van der Waals surface area contributed by atoms with Gasteiger partial charge in [0.25, 0.3) is 0 Å². The number of phenolic OH excluding ortho intramolecular Hbond substituents is 3. The molecule has 4 N–H and O–H groups in total. The average Bonchev–Trinajstić information content (AvgIpc) is 2.55. The molecule has 4 nitrogen and oxygen atoms in total. The number of phenols is 3. The first-order valence-electron chi connectivity index (χ1n) is 7.26. The van der Waals surface area contributed by atoms with Crippen LogP contribution in [0.1, 0.15) is 5.56 Å². The van der Waals surface area contributed by atoms with E-state index in [0.717, 1.165) is 16.7 Å². The third kappa shape index (κ3) is 3.37. The van der Waals surface area contributed by atoms with Gasteiger partial charge in [-0.1, -0.05) is 54.6 Å². The molecule has 0 fully saturated rings. The number of hydrogen-bond donors (Lipinski definition) is 4. The van der Waals surface area contributed by atoms with Gasteiger partial charge in [0.1, 0.15) is 22.9 Å². The van der Waals surface area contributed by atoms with Crippen LogP contribution < -0.4 is 5.32 Å². The van der Waals surface area contributed by atoms with Crippen molar-refractivity contribution < 1.29 is 15.3 Å². The first-order valence-corrected chi connectivity index (χ1v) is 7.26. The van der Waals surface area contributed by atoms with Gasteiger partial charge in [0.15, 0.2) is 0 Å². The van der Waals surface area contributed by atoms with Crippen molar-refractivity contribution in [3.05, 3.63) is 72.3 Å². The maximum absolute atomic E-state index is 9.76. The van der Waals surface area contributed by atoms with E-state index >= 15 is 0 Å². The van der Waals surface area contributed by atoms with Crippen LogP contribution in [0.25, 0.3) is 11.1 Å². The fraction of sp³-hybridized carbons (Fsp3) is 0.0526. The Bertz CT molecular complexity index is 776. The monoisotopic (exact) mass is 307 g/mol. The number of benzene rings is 3. The summed E-state index contributed by atoms with van der Waals surface area (Å²) in [6.07, 6.45) is 0. The quantitative estimate of drug-likeness (QED) is 0.433. The maximum atomic E-state index is 9.76. The fourth-order valence-corrected chi connectivity index (χ4v) is 2.41. The minimum Gasteiger partial charge on any atom is -0.508 e. The second-order valence-electron chi connectivity index (χ2n) is 5.28. The molecule has 3 aromatic carbocycles. The van der Waals surface area contributed by atoms with Gasteiger partial charge in [-0.25, -0.2) is 0 Å². The van der Waals surface area contributed by atoms with Crippen LogP contribution >= 0.6 is 0 Å². The number of rotatable bonds is 4. The van der Waals surface area contributed by atoms with Crippen LogP contribution in [-0.4, -0.2) is 15.3 Å². The Morgan fingerprint density at radius 3 is 1.87 bits per heavy atom. The highest BCUT2D eigenvalue weighted by molar-refractivity contribution is 5.68. The van der Waals surface area contributed by atoms with Crippen molar-refractivity contribution in [3.63, 3.8) is 0 Å². The Morgan fingerprint density at radius 2 is 1.26 bits per heavy atom. The lowest BCUT2D eigenvalue weighted by molar-refractivity contribution is 0.430. The molecule has 0 radical (unpaired) electrons. The summed E-state index contributed by atoms with van der Waals surface area (Å²) in [5, 5.41) is 31.8. The number of aromatic hydroxyl groups is 3. The van der Waals surface area contributed by atoms with E-state index in [9.17, 15) is 15.3 Å². The number of anilines is 1. The van der Waals surface area contributed by atoms with E-state index in [1.54, 1.807) is 0 Å². The normalized spacial score (nSPS) is 10.4. The zero-order valence-electron chi connectivity index (χ0n) is 12.4. The minimum atomic E-state index is -0.191. The summed E-state index contributed by atoms with van der Waals surface area (Å²) in [5.74, 6) is -0.565. The largest absolute Gasteiger partial charge is 0.508 e. The summed E-state index contributed by atoms with van der Waals surface area (Å²) >= 11 is 0. The van der Waals surface area contributed by atoms with Gasteiger partial charge in [-0.15, -0.1) is 0 Å². The van der Waals surface area contributed by atoms with Gasteiger partial charge in [0.05, 0.1) is 0 Å². The van der Waals surface area contributed by atoms with Gasteiger partial charge in [-0.3, -0.25) is 0 Å². The van der Waals surface area contributed by atoms with Crippen LogP contribution in [0.4, 0.5) is 5.69 Å². The third-order valence-electron chi connectivity index (χ3n) is 3.61. The second-order valence-corrected chi connectivity index (χ2v) is 5.28. The van der Waals surface area contributed by atoms with Crippen molar-refractivity contribution in [1.82, 2.24) is 0 Å². The summed E-state index contributed by atoms with van der Waals surface area (Å²) in [6, 6.07) is 20.5. The highest BCUT2D eigenvalue weighted by Gasteiger charge is 2.09. The van der Waals surface area contributed by atoms with E-state index in [0.29, 0.717) is 6.54 Å². The van der Waals surface area contributed by atoms with Crippen molar-refractivity contribution in [3.8, 4) is 28.4 Å². The predicted molar refractivity (Wildman–Crippen MR) is 90.6 cm³/mol. The molecule has 0 aromatic heterocycles. The molecule has 0 saturated heterocycles. The number of hydrogen-bond acceptors (Lipinski definition) is 4. The van der Waals surface area contributed by atoms with E-state index in [2.05, 4.69) is 17.4 Å². The molecular formula is C19H17NO3. The predicted octanol–water partition coefficient (Wildman–Crippen LogP) is 4.08. The maximum Gasteiger partial charge on any atom is 0.146 e.